The van der Waals surface area contributed by atoms with Crippen molar-refractivity contribution in [3.63, 3.8) is 0 Å². The molecule has 0 aliphatic rings. The zero-order valence-electron chi connectivity index (χ0n) is 10.6. The molecule has 3 nitrogen and oxygen atoms in total. The largest absolute Gasteiger partial charge is 0.480 e. The SMILES string of the molecule is O=C(O)CN(Cc1cccc(F)c1)c1cccc(Cl)c1. The molecule has 2 rings (SSSR count). The molecule has 0 unspecified atom stereocenters. The number of rotatable bonds is 5. The minimum Gasteiger partial charge on any atom is -0.480 e. The van der Waals surface area contributed by atoms with Gasteiger partial charge in [-0.05, 0) is 35.9 Å². The summed E-state index contributed by atoms with van der Waals surface area (Å²) in [5.74, 6) is -1.30. The normalized spacial score (nSPS) is 10.3. The van der Waals surface area contributed by atoms with E-state index in [1.807, 2.05) is 0 Å². The standard InChI is InChI=1S/C15H13ClFNO2/c16-12-4-2-6-14(8-12)18(10-15(19)20)9-11-3-1-5-13(17)7-11/h1-8H,9-10H2,(H,19,20). The molecule has 0 atom stereocenters. The number of carboxylic acids is 1. The molecular weight excluding hydrogens is 281 g/mol. The van der Waals surface area contributed by atoms with E-state index in [9.17, 15) is 9.18 Å². The second-order valence-electron chi connectivity index (χ2n) is 4.36. The van der Waals surface area contributed by atoms with Crippen LogP contribution in [0.1, 0.15) is 5.56 Å². The molecule has 5 heteroatoms. The van der Waals surface area contributed by atoms with Gasteiger partial charge in [0.1, 0.15) is 12.4 Å². The maximum Gasteiger partial charge on any atom is 0.323 e. The molecule has 0 radical (unpaired) electrons. The van der Waals surface area contributed by atoms with Crippen molar-refractivity contribution in [2.75, 3.05) is 11.4 Å². The van der Waals surface area contributed by atoms with Crippen LogP contribution in [0, 0.1) is 5.82 Å². The number of carboxylic acid groups (broad SMARTS) is 1. The lowest BCUT2D eigenvalue weighted by atomic mass is 10.2. The Kier molecular flexibility index (Phi) is 4.58. The summed E-state index contributed by atoms with van der Waals surface area (Å²) in [5, 5.41) is 9.52. The number of hydrogen-bond acceptors (Lipinski definition) is 2. The van der Waals surface area contributed by atoms with Crippen molar-refractivity contribution in [2.45, 2.75) is 6.54 Å². The second kappa shape index (κ2) is 6.39. The molecule has 0 saturated carbocycles. The maximum atomic E-state index is 13.2. The Balaban J connectivity index is 2.26. The predicted octanol–water partition coefficient (Wildman–Crippen LogP) is 3.57. The fraction of sp³-hybridized carbons (Fsp3) is 0.133. The molecular formula is C15H13ClFNO2. The molecule has 0 saturated heterocycles. The summed E-state index contributed by atoms with van der Waals surface area (Å²) in [6.07, 6.45) is 0. The molecule has 0 bridgehead atoms. The highest BCUT2D eigenvalue weighted by Crippen LogP contribution is 2.21. The first-order valence-corrected chi connectivity index (χ1v) is 6.39. The molecule has 0 aliphatic carbocycles. The van der Waals surface area contributed by atoms with E-state index in [1.54, 1.807) is 41.3 Å². The Labute approximate surface area is 121 Å². The van der Waals surface area contributed by atoms with Gasteiger partial charge in [0, 0.05) is 17.3 Å². The Hall–Kier alpha value is -2.07. The van der Waals surface area contributed by atoms with Crippen molar-refractivity contribution in [3.05, 3.63) is 64.9 Å². The van der Waals surface area contributed by atoms with E-state index in [-0.39, 0.29) is 12.4 Å². The van der Waals surface area contributed by atoms with Gasteiger partial charge in [-0.1, -0.05) is 29.8 Å². The first-order chi connectivity index (χ1) is 9.54. The van der Waals surface area contributed by atoms with Crippen LogP contribution in [0.15, 0.2) is 48.5 Å². The zero-order valence-corrected chi connectivity index (χ0v) is 11.3. The van der Waals surface area contributed by atoms with Crippen LogP contribution in [0.3, 0.4) is 0 Å². The van der Waals surface area contributed by atoms with Crippen LogP contribution in [0.25, 0.3) is 0 Å². The van der Waals surface area contributed by atoms with Gasteiger partial charge in [-0.25, -0.2) is 4.39 Å². The molecule has 2 aromatic carbocycles. The molecule has 0 spiro atoms. The summed E-state index contributed by atoms with van der Waals surface area (Å²) in [5.41, 5.74) is 1.38. The van der Waals surface area contributed by atoms with Crippen molar-refractivity contribution in [1.82, 2.24) is 0 Å². The molecule has 0 aliphatic heterocycles. The quantitative estimate of drug-likeness (QED) is 0.916. The van der Waals surface area contributed by atoms with E-state index in [4.69, 9.17) is 16.7 Å². The minimum absolute atomic E-state index is 0.184. The van der Waals surface area contributed by atoms with Crippen molar-refractivity contribution >= 4 is 23.3 Å². The van der Waals surface area contributed by atoms with Crippen molar-refractivity contribution in [1.29, 1.82) is 0 Å². The summed E-state index contributed by atoms with van der Waals surface area (Å²) < 4.78 is 13.2. The monoisotopic (exact) mass is 293 g/mol. The zero-order chi connectivity index (χ0) is 14.5. The highest BCUT2D eigenvalue weighted by molar-refractivity contribution is 6.30. The van der Waals surface area contributed by atoms with Crippen molar-refractivity contribution in [2.24, 2.45) is 0 Å². The maximum absolute atomic E-state index is 13.2. The van der Waals surface area contributed by atoms with Crippen LogP contribution in [-0.4, -0.2) is 17.6 Å². The molecule has 20 heavy (non-hydrogen) atoms. The van der Waals surface area contributed by atoms with Crippen LogP contribution < -0.4 is 4.90 Å². The minimum atomic E-state index is -0.957. The number of anilines is 1. The van der Waals surface area contributed by atoms with Gasteiger partial charge >= 0.3 is 5.97 Å². The van der Waals surface area contributed by atoms with E-state index >= 15 is 0 Å². The lowest BCUT2D eigenvalue weighted by Crippen LogP contribution is -2.29. The lowest BCUT2D eigenvalue weighted by Gasteiger charge is -2.23. The summed E-state index contributed by atoms with van der Waals surface area (Å²) in [6.45, 7) is 0.112. The van der Waals surface area contributed by atoms with E-state index in [1.165, 1.54) is 12.1 Å². The van der Waals surface area contributed by atoms with Crippen LogP contribution in [0.4, 0.5) is 10.1 Å². The Bertz CT molecular complexity index is 618. The number of carbonyl (C=O) groups is 1. The third-order valence-electron chi connectivity index (χ3n) is 2.76. The van der Waals surface area contributed by atoms with E-state index in [0.29, 0.717) is 22.8 Å². The van der Waals surface area contributed by atoms with Gasteiger partial charge in [0.15, 0.2) is 0 Å². The topological polar surface area (TPSA) is 40.5 Å². The van der Waals surface area contributed by atoms with Crippen LogP contribution >= 0.6 is 11.6 Å². The van der Waals surface area contributed by atoms with Gasteiger partial charge in [0.2, 0.25) is 0 Å². The van der Waals surface area contributed by atoms with Gasteiger partial charge in [-0.2, -0.15) is 0 Å². The fourth-order valence-corrected chi connectivity index (χ4v) is 2.11. The summed E-state index contributed by atoms with van der Waals surface area (Å²) in [6, 6.07) is 13.0. The van der Waals surface area contributed by atoms with Gasteiger partial charge < -0.3 is 10.0 Å². The smallest absolute Gasteiger partial charge is 0.323 e. The third kappa shape index (κ3) is 3.96. The van der Waals surface area contributed by atoms with Gasteiger partial charge in [0.25, 0.3) is 0 Å². The Morgan fingerprint density at radius 3 is 2.60 bits per heavy atom. The number of hydrogen-bond donors (Lipinski definition) is 1. The third-order valence-corrected chi connectivity index (χ3v) is 3.00. The fourth-order valence-electron chi connectivity index (χ4n) is 1.93. The molecule has 0 heterocycles. The molecule has 1 N–H and O–H groups in total. The molecule has 2 aromatic rings. The van der Waals surface area contributed by atoms with Gasteiger partial charge in [0.05, 0.1) is 0 Å². The van der Waals surface area contributed by atoms with Gasteiger partial charge in [-0.3, -0.25) is 4.79 Å². The highest BCUT2D eigenvalue weighted by atomic mass is 35.5. The van der Waals surface area contributed by atoms with Gasteiger partial charge in [-0.15, -0.1) is 0 Å². The van der Waals surface area contributed by atoms with Crippen molar-refractivity contribution < 1.29 is 14.3 Å². The second-order valence-corrected chi connectivity index (χ2v) is 4.80. The number of aliphatic carboxylic acids is 1. The average Bonchev–Trinajstić information content (AvgIpc) is 2.37. The lowest BCUT2D eigenvalue weighted by molar-refractivity contribution is -0.135. The predicted molar refractivity (Wildman–Crippen MR) is 76.5 cm³/mol. The van der Waals surface area contributed by atoms with Crippen LogP contribution in [0.2, 0.25) is 5.02 Å². The molecule has 0 aromatic heterocycles. The molecule has 0 amide bonds. The summed E-state index contributed by atoms with van der Waals surface area (Å²) >= 11 is 5.92. The van der Waals surface area contributed by atoms with Crippen LogP contribution in [0.5, 0.6) is 0 Å². The van der Waals surface area contributed by atoms with E-state index in [0.717, 1.165) is 0 Å². The van der Waals surface area contributed by atoms with Crippen molar-refractivity contribution in [3.8, 4) is 0 Å². The number of nitrogens with zero attached hydrogens (tertiary/aromatic N) is 1. The Morgan fingerprint density at radius 2 is 1.95 bits per heavy atom. The average molecular weight is 294 g/mol. The van der Waals surface area contributed by atoms with E-state index in [2.05, 4.69) is 0 Å². The molecule has 0 fully saturated rings. The number of benzene rings is 2. The van der Waals surface area contributed by atoms with E-state index < -0.39 is 5.97 Å². The first kappa shape index (κ1) is 14.3. The Morgan fingerprint density at radius 1 is 1.20 bits per heavy atom. The summed E-state index contributed by atoms with van der Waals surface area (Å²) in [4.78, 5) is 12.6. The van der Waals surface area contributed by atoms with Crippen LogP contribution in [-0.2, 0) is 11.3 Å². The molecule has 104 valence electrons. The summed E-state index contributed by atoms with van der Waals surface area (Å²) in [7, 11) is 0. The highest BCUT2D eigenvalue weighted by Gasteiger charge is 2.12. The number of halogens is 2. The first-order valence-electron chi connectivity index (χ1n) is 6.01.